The minimum Gasteiger partial charge on any atom is -0.378 e. The number of sulfonamides is 1. The number of carbonyl (C=O) groups excluding carboxylic acids is 1. The van der Waals surface area contributed by atoms with Gasteiger partial charge in [-0.05, 0) is 31.4 Å². The van der Waals surface area contributed by atoms with Crippen molar-refractivity contribution in [3.8, 4) is 0 Å². The summed E-state index contributed by atoms with van der Waals surface area (Å²) in [6.07, 6.45) is 3.44. The molecule has 1 fully saturated rings. The third kappa shape index (κ3) is 4.55. The molecule has 2 heterocycles. The van der Waals surface area contributed by atoms with Gasteiger partial charge >= 0.3 is 0 Å². The predicted molar refractivity (Wildman–Crippen MR) is 75.7 cm³/mol. The molecule has 2 rings (SSSR count). The van der Waals surface area contributed by atoms with Gasteiger partial charge in [0.1, 0.15) is 4.21 Å². The van der Waals surface area contributed by atoms with Gasteiger partial charge in [-0.2, -0.15) is 0 Å². The number of hydrogen-bond acceptors (Lipinski definition) is 5. The van der Waals surface area contributed by atoms with E-state index in [1.165, 1.54) is 6.07 Å². The lowest BCUT2D eigenvalue weighted by molar-refractivity contribution is -0.125. The van der Waals surface area contributed by atoms with Crippen LogP contribution in [0.2, 0.25) is 0 Å². The number of thiophene rings is 1. The van der Waals surface area contributed by atoms with Crippen molar-refractivity contribution in [3.63, 3.8) is 0 Å². The summed E-state index contributed by atoms with van der Waals surface area (Å²) in [4.78, 5) is 12.5. The lowest BCUT2D eigenvalue weighted by Crippen LogP contribution is -2.29. The monoisotopic (exact) mass is 318 g/mol. The molecule has 0 saturated carbocycles. The Balaban J connectivity index is 1.79. The average Bonchev–Trinajstić information content (AvgIpc) is 2.86. The van der Waals surface area contributed by atoms with Crippen molar-refractivity contribution in [2.75, 3.05) is 6.61 Å². The largest absolute Gasteiger partial charge is 0.378 e. The summed E-state index contributed by atoms with van der Waals surface area (Å²) >= 11 is 1.07. The Hall–Kier alpha value is -0.960. The van der Waals surface area contributed by atoms with Gasteiger partial charge in [-0.25, -0.2) is 13.6 Å². The van der Waals surface area contributed by atoms with Crippen LogP contribution in [0.1, 0.15) is 30.6 Å². The van der Waals surface area contributed by atoms with Crippen molar-refractivity contribution in [3.05, 3.63) is 17.0 Å². The number of rotatable bonds is 5. The highest BCUT2D eigenvalue weighted by atomic mass is 32.2. The van der Waals surface area contributed by atoms with Crippen LogP contribution in [0.25, 0.3) is 0 Å². The number of ether oxygens (including phenoxy) is 1. The molecule has 0 aromatic carbocycles. The second kappa shape index (κ2) is 6.66. The maximum Gasteiger partial charge on any atom is 0.247 e. The van der Waals surface area contributed by atoms with Gasteiger partial charge in [0.05, 0.1) is 19.1 Å². The van der Waals surface area contributed by atoms with Crippen LogP contribution in [0.3, 0.4) is 0 Å². The Morgan fingerprint density at radius 1 is 1.45 bits per heavy atom. The topological polar surface area (TPSA) is 98.5 Å². The summed E-state index contributed by atoms with van der Waals surface area (Å²) in [5, 5.41) is 7.80. The zero-order chi connectivity index (χ0) is 14.6. The van der Waals surface area contributed by atoms with Gasteiger partial charge < -0.3 is 10.1 Å². The fourth-order valence-electron chi connectivity index (χ4n) is 2.04. The van der Waals surface area contributed by atoms with E-state index in [2.05, 4.69) is 5.32 Å². The first-order valence-electron chi connectivity index (χ1n) is 6.45. The number of amides is 1. The van der Waals surface area contributed by atoms with Crippen LogP contribution in [0.15, 0.2) is 16.3 Å². The smallest absolute Gasteiger partial charge is 0.247 e. The molecule has 1 saturated heterocycles. The van der Waals surface area contributed by atoms with Crippen LogP contribution in [0, 0.1) is 0 Å². The third-order valence-corrected chi connectivity index (χ3v) is 5.59. The van der Waals surface area contributed by atoms with Crippen LogP contribution < -0.4 is 10.5 Å². The number of primary sulfonamides is 1. The van der Waals surface area contributed by atoms with Crippen molar-refractivity contribution in [2.45, 2.75) is 42.5 Å². The molecule has 6 nitrogen and oxygen atoms in total. The number of hydrogen-bond donors (Lipinski definition) is 2. The summed E-state index contributed by atoms with van der Waals surface area (Å²) in [5.74, 6) is -0.0811. The molecule has 0 radical (unpaired) electrons. The molecule has 1 amide bonds. The van der Waals surface area contributed by atoms with E-state index in [-0.39, 0.29) is 16.2 Å². The highest BCUT2D eigenvalue weighted by molar-refractivity contribution is 7.91. The van der Waals surface area contributed by atoms with E-state index in [1.54, 1.807) is 6.07 Å². The molecule has 8 heteroatoms. The lowest BCUT2D eigenvalue weighted by Gasteiger charge is -2.21. The Labute approximate surface area is 122 Å². The number of nitrogens with one attached hydrogen (secondary N) is 1. The first-order chi connectivity index (χ1) is 9.45. The van der Waals surface area contributed by atoms with Gasteiger partial charge in [-0.1, -0.05) is 0 Å². The van der Waals surface area contributed by atoms with Crippen molar-refractivity contribution in [1.82, 2.24) is 5.32 Å². The standard InChI is InChI=1S/C12H18N2O4S2/c13-20(16,17)12-5-4-10(19-12)8-14-11(15)7-9-3-1-2-6-18-9/h4-5,9H,1-3,6-8H2,(H,14,15)(H2,13,16,17). The second-order valence-electron chi connectivity index (χ2n) is 4.74. The van der Waals surface area contributed by atoms with E-state index in [4.69, 9.17) is 9.88 Å². The Kier molecular flexibility index (Phi) is 5.14. The molecule has 1 atom stereocenters. The normalized spacial score (nSPS) is 19.8. The molecule has 1 aromatic rings. The minimum absolute atomic E-state index is 0.00654. The molecule has 112 valence electrons. The minimum atomic E-state index is -3.66. The Bertz CT molecular complexity index is 562. The molecule has 1 unspecified atom stereocenters. The van der Waals surface area contributed by atoms with Crippen molar-refractivity contribution in [2.24, 2.45) is 5.14 Å². The Morgan fingerprint density at radius 2 is 2.25 bits per heavy atom. The molecule has 1 aliphatic rings. The Morgan fingerprint density at radius 3 is 2.85 bits per heavy atom. The summed E-state index contributed by atoms with van der Waals surface area (Å²) < 4.78 is 27.9. The number of nitrogens with two attached hydrogens (primary N) is 1. The molecule has 3 N–H and O–H groups in total. The zero-order valence-corrected chi connectivity index (χ0v) is 12.6. The molecule has 0 aliphatic carbocycles. The molecule has 1 aromatic heterocycles. The highest BCUT2D eigenvalue weighted by Gasteiger charge is 2.18. The molecule has 1 aliphatic heterocycles. The van der Waals surface area contributed by atoms with E-state index in [0.717, 1.165) is 42.1 Å². The van der Waals surface area contributed by atoms with Crippen LogP contribution in [0.4, 0.5) is 0 Å². The summed E-state index contributed by atoms with van der Waals surface area (Å²) in [6.45, 7) is 1.03. The van der Waals surface area contributed by atoms with Crippen molar-refractivity contribution >= 4 is 27.3 Å². The van der Waals surface area contributed by atoms with Gasteiger partial charge in [-0.3, -0.25) is 4.79 Å². The summed E-state index contributed by atoms with van der Waals surface area (Å²) in [6, 6.07) is 3.10. The molecular formula is C12H18N2O4S2. The maximum atomic E-state index is 11.8. The van der Waals surface area contributed by atoms with Crippen molar-refractivity contribution < 1.29 is 17.9 Å². The SMILES string of the molecule is NS(=O)(=O)c1ccc(CNC(=O)CC2CCCCO2)s1. The summed E-state index contributed by atoms with van der Waals surface area (Å²) in [7, 11) is -3.66. The molecule has 20 heavy (non-hydrogen) atoms. The maximum absolute atomic E-state index is 11.8. The zero-order valence-electron chi connectivity index (χ0n) is 11.0. The van der Waals surface area contributed by atoms with E-state index in [9.17, 15) is 13.2 Å². The van der Waals surface area contributed by atoms with Gasteiger partial charge in [0.25, 0.3) is 0 Å². The van der Waals surface area contributed by atoms with E-state index in [0.29, 0.717) is 13.0 Å². The molecular weight excluding hydrogens is 300 g/mol. The van der Waals surface area contributed by atoms with E-state index in [1.807, 2.05) is 0 Å². The van der Waals surface area contributed by atoms with Crippen LogP contribution >= 0.6 is 11.3 Å². The predicted octanol–water partition coefficient (Wildman–Crippen LogP) is 0.971. The van der Waals surface area contributed by atoms with Crippen LogP contribution in [-0.2, 0) is 26.1 Å². The van der Waals surface area contributed by atoms with Gasteiger partial charge in [0.2, 0.25) is 15.9 Å². The van der Waals surface area contributed by atoms with E-state index >= 15 is 0 Å². The van der Waals surface area contributed by atoms with Gasteiger partial charge in [0, 0.05) is 11.5 Å². The molecule has 0 bridgehead atoms. The lowest BCUT2D eigenvalue weighted by atomic mass is 10.1. The second-order valence-corrected chi connectivity index (χ2v) is 7.69. The van der Waals surface area contributed by atoms with Gasteiger partial charge in [-0.15, -0.1) is 11.3 Å². The first kappa shape index (κ1) is 15.4. The van der Waals surface area contributed by atoms with Gasteiger partial charge in [0.15, 0.2) is 0 Å². The fraction of sp³-hybridized carbons (Fsp3) is 0.583. The molecule has 0 spiro atoms. The third-order valence-electron chi connectivity index (χ3n) is 3.06. The van der Waals surface area contributed by atoms with Crippen LogP contribution in [0.5, 0.6) is 0 Å². The quantitative estimate of drug-likeness (QED) is 0.845. The van der Waals surface area contributed by atoms with Crippen LogP contribution in [-0.4, -0.2) is 27.0 Å². The van der Waals surface area contributed by atoms with Crippen molar-refractivity contribution in [1.29, 1.82) is 0 Å². The summed E-state index contributed by atoms with van der Waals surface area (Å²) in [5.41, 5.74) is 0. The first-order valence-corrected chi connectivity index (χ1v) is 8.81. The average molecular weight is 318 g/mol. The van der Waals surface area contributed by atoms with E-state index < -0.39 is 10.0 Å². The highest BCUT2D eigenvalue weighted by Crippen LogP contribution is 2.20. The fourth-order valence-corrected chi connectivity index (χ4v) is 3.76. The number of carbonyl (C=O) groups is 1.